The Hall–Kier alpha value is -3.81. The maximum atomic E-state index is 15.1. The molecule has 4 rings (SSSR count). The van der Waals surface area contributed by atoms with Crippen molar-refractivity contribution >= 4 is 11.7 Å². The number of aromatic nitrogens is 1. The minimum Gasteiger partial charge on any atom is -0.506 e. The molecule has 0 spiro atoms. The molecular formula is C25H22F2N2O4. The molecule has 0 saturated heterocycles. The molecule has 0 aliphatic carbocycles. The van der Waals surface area contributed by atoms with Crippen molar-refractivity contribution < 1.29 is 28.3 Å². The Balaban J connectivity index is 1.63. The minimum absolute atomic E-state index is 0.0240. The normalized spacial score (nSPS) is 13.1. The summed E-state index contributed by atoms with van der Waals surface area (Å²) in [6, 6.07) is 10.8. The molecule has 8 heteroatoms. The number of pyridine rings is 1. The van der Waals surface area contributed by atoms with Gasteiger partial charge in [-0.25, -0.2) is 18.6 Å². The van der Waals surface area contributed by atoms with E-state index < -0.39 is 17.6 Å². The monoisotopic (exact) mass is 452 g/mol. The average Bonchev–Trinajstić information content (AvgIpc) is 3.23. The molecule has 3 aromatic rings. The van der Waals surface area contributed by atoms with E-state index in [0.29, 0.717) is 29.8 Å². The molecule has 0 amide bonds. The van der Waals surface area contributed by atoms with Crippen LogP contribution in [0.25, 0.3) is 11.3 Å². The topological polar surface area (TPSA) is 81.0 Å². The smallest absolute Gasteiger partial charge is 0.340 e. The predicted octanol–water partition coefficient (Wildman–Crippen LogP) is 4.88. The summed E-state index contributed by atoms with van der Waals surface area (Å²) in [4.78, 5) is 20.1. The summed E-state index contributed by atoms with van der Waals surface area (Å²) < 4.78 is 34.9. The summed E-state index contributed by atoms with van der Waals surface area (Å²) in [6.45, 7) is 3.56. The Morgan fingerprint density at radius 3 is 2.67 bits per heavy atom. The molecule has 1 N–H and O–H groups in total. The highest BCUT2D eigenvalue weighted by Crippen LogP contribution is 2.32. The van der Waals surface area contributed by atoms with Crippen LogP contribution in [0.4, 0.5) is 8.78 Å². The number of ether oxygens (including phenoxy) is 1. The van der Waals surface area contributed by atoms with Gasteiger partial charge < -0.3 is 14.7 Å². The van der Waals surface area contributed by atoms with E-state index >= 15 is 4.39 Å². The molecule has 0 bridgehead atoms. The van der Waals surface area contributed by atoms with Gasteiger partial charge in [-0.05, 0) is 60.4 Å². The third kappa shape index (κ3) is 4.69. The number of aromatic hydroxyl groups is 1. The lowest BCUT2D eigenvalue weighted by Crippen LogP contribution is -2.13. The quantitative estimate of drug-likeness (QED) is 0.517. The first-order chi connectivity index (χ1) is 15.9. The number of hydrogen-bond donors (Lipinski definition) is 1. The number of benzene rings is 2. The summed E-state index contributed by atoms with van der Waals surface area (Å²) >= 11 is 0. The molecule has 0 radical (unpaired) electrons. The van der Waals surface area contributed by atoms with Gasteiger partial charge in [-0.15, -0.1) is 0 Å². The molecule has 170 valence electrons. The van der Waals surface area contributed by atoms with Crippen molar-refractivity contribution in [1.29, 1.82) is 0 Å². The number of hydrogen-bond acceptors (Lipinski definition) is 6. The highest BCUT2D eigenvalue weighted by Gasteiger charge is 2.21. The molecule has 0 fully saturated rings. The van der Waals surface area contributed by atoms with Crippen LogP contribution in [-0.2, 0) is 22.5 Å². The van der Waals surface area contributed by atoms with Crippen LogP contribution in [0.15, 0.2) is 47.6 Å². The van der Waals surface area contributed by atoms with Crippen molar-refractivity contribution in [2.45, 2.75) is 33.1 Å². The predicted molar refractivity (Wildman–Crippen MR) is 118 cm³/mol. The molecule has 2 aromatic carbocycles. The number of carbonyl (C=O) groups is 1. The van der Waals surface area contributed by atoms with Gasteiger partial charge in [-0.1, -0.05) is 24.2 Å². The van der Waals surface area contributed by atoms with Gasteiger partial charge in [0.05, 0.1) is 6.42 Å². The fraction of sp³-hybridized carbons (Fsp3) is 0.240. The molecule has 1 aliphatic heterocycles. The fourth-order valence-corrected chi connectivity index (χ4v) is 3.74. The Kier molecular flexibility index (Phi) is 6.35. The van der Waals surface area contributed by atoms with Crippen LogP contribution in [-0.4, -0.2) is 28.4 Å². The third-order valence-electron chi connectivity index (χ3n) is 5.51. The van der Waals surface area contributed by atoms with E-state index in [0.717, 1.165) is 11.1 Å². The number of nitrogens with zero attached hydrogens (tertiary/aromatic N) is 2. The Morgan fingerprint density at radius 2 is 1.97 bits per heavy atom. The highest BCUT2D eigenvalue weighted by molar-refractivity contribution is 6.02. The average molecular weight is 452 g/mol. The van der Waals surface area contributed by atoms with E-state index in [9.17, 15) is 14.3 Å². The molecule has 2 heterocycles. The van der Waals surface area contributed by atoms with Crippen LogP contribution >= 0.6 is 0 Å². The maximum Gasteiger partial charge on any atom is 0.340 e. The van der Waals surface area contributed by atoms with Crippen molar-refractivity contribution in [3.63, 3.8) is 0 Å². The number of carbonyl (C=O) groups excluding carboxylic acids is 1. The molecule has 1 aromatic heterocycles. The van der Waals surface area contributed by atoms with Crippen LogP contribution in [0.3, 0.4) is 0 Å². The van der Waals surface area contributed by atoms with E-state index in [1.54, 1.807) is 37.3 Å². The Bertz CT molecular complexity index is 1260. The summed E-state index contributed by atoms with van der Waals surface area (Å²) in [7, 11) is 0. The van der Waals surface area contributed by atoms with Crippen LogP contribution in [0.5, 0.6) is 11.5 Å². The molecule has 0 saturated carbocycles. The fourth-order valence-electron chi connectivity index (χ4n) is 3.74. The summed E-state index contributed by atoms with van der Waals surface area (Å²) in [5.41, 5.74) is 3.31. The number of rotatable bonds is 7. The lowest BCUT2D eigenvalue weighted by molar-refractivity contribution is -0.140. The molecule has 1 aliphatic rings. The van der Waals surface area contributed by atoms with Crippen LogP contribution in [0.2, 0.25) is 0 Å². The first kappa shape index (κ1) is 22.4. The number of halogens is 2. The van der Waals surface area contributed by atoms with Crippen LogP contribution in [0.1, 0.15) is 35.7 Å². The van der Waals surface area contributed by atoms with Gasteiger partial charge in [0.2, 0.25) is 0 Å². The molecule has 0 unspecified atom stereocenters. The number of oxime groups is 1. The largest absolute Gasteiger partial charge is 0.506 e. The van der Waals surface area contributed by atoms with Gasteiger partial charge in [-0.2, -0.15) is 0 Å². The zero-order valence-corrected chi connectivity index (χ0v) is 18.2. The summed E-state index contributed by atoms with van der Waals surface area (Å²) in [5.74, 6) is -1.54. The van der Waals surface area contributed by atoms with Gasteiger partial charge in [0.15, 0.2) is 11.6 Å². The van der Waals surface area contributed by atoms with Gasteiger partial charge in [-0.3, -0.25) is 0 Å². The highest BCUT2D eigenvalue weighted by atomic mass is 19.1. The zero-order chi connectivity index (χ0) is 23.5. The molecule has 0 atom stereocenters. The minimum atomic E-state index is -0.513. The zero-order valence-electron chi connectivity index (χ0n) is 18.2. The van der Waals surface area contributed by atoms with Crippen molar-refractivity contribution in [2.24, 2.45) is 5.16 Å². The SMILES string of the molecule is CCc1cc(OCC2=NOC(=O)C2)c(F)c(C)c1Cc1ccc(O)c(-c2ccccc2F)n1. The molecular weight excluding hydrogens is 430 g/mol. The van der Waals surface area contributed by atoms with Gasteiger partial charge >= 0.3 is 5.97 Å². The van der Waals surface area contributed by atoms with Crippen LogP contribution in [0, 0.1) is 18.6 Å². The number of aryl methyl sites for hydroxylation is 1. The van der Waals surface area contributed by atoms with Crippen molar-refractivity contribution in [2.75, 3.05) is 6.61 Å². The first-order valence-corrected chi connectivity index (χ1v) is 10.5. The van der Waals surface area contributed by atoms with E-state index in [2.05, 4.69) is 15.0 Å². The van der Waals surface area contributed by atoms with E-state index in [4.69, 9.17) is 4.74 Å². The lowest BCUT2D eigenvalue weighted by atomic mass is 9.94. The van der Waals surface area contributed by atoms with Gasteiger partial charge in [0.1, 0.15) is 29.6 Å². The van der Waals surface area contributed by atoms with Gasteiger partial charge in [0.25, 0.3) is 0 Å². The first-order valence-electron chi connectivity index (χ1n) is 10.5. The Morgan fingerprint density at radius 1 is 1.18 bits per heavy atom. The maximum absolute atomic E-state index is 15.1. The van der Waals surface area contributed by atoms with E-state index in [-0.39, 0.29) is 35.8 Å². The van der Waals surface area contributed by atoms with Gasteiger partial charge in [0, 0.05) is 17.7 Å². The van der Waals surface area contributed by atoms with Crippen molar-refractivity contribution in [3.05, 3.63) is 76.5 Å². The molecule has 6 nitrogen and oxygen atoms in total. The lowest BCUT2D eigenvalue weighted by Gasteiger charge is -2.17. The van der Waals surface area contributed by atoms with Crippen molar-refractivity contribution in [3.8, 4) is 22.8 Å². The third-order valence-corrected chi connectivity index (χ3v) is 5.51. The second kappa shape index (κ2) is 9.36. The molecule has 33 heavy (non-hydrogen) atoms. The van der Waals surface area contributed by atoms with E-state index in [1.807, 2.05) is 6.92 Å². The van der Waals surface area contributed by atoms with Crippen LogP contribution < -0.4 is 4.74 Å². The van der Waals surface area contributed by atoms with Crippen molar-refractivity contribution in [1.82, 2.24) is 4.98 Å². The summed E-state index contributed by atoms with van der Waals surface area (Å²) in [5, 5.41) is 13.8. The summed E-state index contributed by atoms with van der Waals surface area (Å²) in [6.07, 6.45) is 0.937. The van der Waals surface area contributed by atoms with E-state index in [1.165, 1.54) is 12.1 Å². The second-order valence-electron chi connectivity index (χ2n) is 7.72. The standard InChI is InChI=1S/C25H22F2N2O4/c1-3-15-10-22(32-13-17-12-23(31)33-29-17)24(27)14(2)19(15)11-16-8-9-21(30)25(28-16)18-6-4-5-7-20(18)26/h4-10,30H,3,11-13H2,1-2H3. The second-order valence-corrected chi connectivity index (χ2v) is 7.72. The Labute approximate surface area is 189 Å².